The highest BCUT2D eigenvalue weighted by Gasteiger charge is 2.23. The van der Waals surface area contributed by atoms with E-state index in [9.17, 15) is 9.36 Å². The third-order valence-corrected chi connectivity index (χ3v) is 9.42. The minimum Gasteiger partial charge on any atom is -0.496 e. The molecule has 2 rings (SSSR count). The average Bonchev–Trinajstić information content (AvgIpc) is 2.94. The molecule has 1 aromatic carbocycles. The van der Waals surface area contributed by atoms with E-state index in [0.29, 0.717) is 43.9 Å². The third-order valence-electron chi connectivity index (χ3n) is 6.60. The minimum absolute atomic E-state index is 0.225. The van der Waals surface area contributed by atoms with Crippen molar-refractivity contribution >= 4 is 37.0 Å². The monoisotopic (exact) mass is 609 g/mol. The van der Waals surface area contributed by atoms with Gasteiger partial charge in [-0.1, -0.05) is 19.8 Å². The quantitative estimate of drug-likeness (QED) is 0.120. The summed E-state index contributed by atoms with van der Waals surface area (Å²) in [5.74, 6) is 2.45. The van der Waals surface area contributed by atoms with Crippen LogP contribution in [0.1, 0.15) is 80.1 Å². The summed E-state index contributed by atoms with van der Waals surface area (Å²) in [4.78, 5) is 22.0. The highest BCUT2D eigenvalue weighted by Crippen LogP contribution is 2.48. The fourth-order valence-corrected chi connectivity index (χ4v) is 6.71. The van der Waals surface area contributed by atoms with Crippen LogP contribution in [0.5, 0.6) is 5.75 Å². The van der Waals surface area contributed by atoms with Gasteiger partial charge in [-0.3, -0.25) is 9.36 Å². The van der Waals surface area contributed by atoms with Crippen molar-refractivity contribution in [2.24, 2.45) is 0 Å². The second kappa shape index (κ2) is 18.3. The molecule has 0 spiro atoms. The van der Waals surface area contributed by atoms with Gasteiger partial charge in [0.15, 0.2) is 0 Å². The van der Waals surface area contributed by atoms with Crippen molar-refractivity contribution in [3.05, 3.63) is 40.6 Å². The van der Waals surface area contributed by atoms with Crippen LogP contribution >= 0.6 is 19.4 Å². The van der Waals surface area contributed by atoms with Crippen LogP contribution in [0.15, 0.2) is 18.2 Å². The summed E-state index contributed by atoms with van der Waals surface area (Å²) < 4.78 is 29.0. The molecule has 0 saturated carbocycles. The number of anilines is 2. The molecule has 0 saturated heterocycles. The highest BCUT2D eigenvalue weighted by atomic mass is 32.2. The summed E-state index contributed by atoms with van der Waals surface area (Å²) in [5.41, 5.74) is 9.10. The molecule has 12 heteroatoms. The van der Waals surface area contributed by atoms with Gasteiger partial charge >= 0.3 is 7.60 Å². The number of thioether (sulfide) groups is 1. The first-order valence-electron chi connectivity index (χ1n) is 14.4. The Balaban J connectivity index is 2.23. The number of ether oxygens (including phenoxy) is 1. The fraction of sp³-hybridized carbons (Fsp3) is 0.621. The van der Waals surface area contributed by atoms with E-state index >= 15 is 0 Å². The maximum atomic E-state index is 13.0. The Bertz CT molecular complexity index is 1130. The molecule has 1 heterocycles. The van der Waals surface area contributed by atoms with Gasteiger partial charge in [-0.15, -0.1) is 0 Å². The fourth-order valence-electron chi connectivity index (χ4n) is 4.53. The maximum absolute atomic E-state index is 13.0. The molecule has 0 unspecified atom stereocenters. The second-order valence-electron chi connectivity index (χ2n) is 9.74. The molecule has 10 nitrogen and oxygen atoms in total. The predicted molar refractivity (Wildman–Crippen MR) is 170 cm³/mol. The minimum atomic E-state index is -3.14. The number of carbonyl (C=O) groups is 1. The molecule has 4 N–H and O–H groups in total. The predicted octanol–water partition coefficient (Wildman–Crippen LogP) is 6.08. The van der Waals surface area contributed by atoms with Gasteiger partial charge in [0.25, 0.3) is 5.91 Å². The summed E-state index contributed by atoms with van der Waals surface area (Å²) >= 11 is 1.83. The zero-order valence-corrected chi connectivity index (χ0v) is 27.2. The molecule has 0 aliphatic rings. The van der Waals surface area contributed by atoms with Crippen LogP contribution in [0.25, 0.3) is 0 Å². The number of unbranched alkanes of at least 4 members (excludes halogenated alkanes) is 1. The number of hydrogen-bond donors (Lipinski definition) is 3. The number of aryl methyl sites for hydroxylation is 1. The number of carbonyl (C=O) groups excluding carboxylic acids is 1. The number of benzene rings is 1. The zero-order chi connectivity index (χ0) is 30.3. The lowest BCUT2D eigenvalue weighted by atomic mass is 9.99. The summed E-state index contributed by atoms with van der Waals surface area (Å²) in [6.45, 7) is 8.65. The summed E-state index contributed by atoms with van der Waals surface area (Å²) in [6.07, 6.45) is 7.61. The highest BCUT2D eigenvalue weighted by molar-refractivity contribution is 7.98. The van der Waals surface area contributed by atoms with E-state index in [0.717, 1.165) is 54.1 Å². The zero-order valence-electron chi connectivity index (χ0n) is 25.5. The number of nitrogen functional groups attached to an aromatic ring is 1. The summed E-state index contributed by atoms with van der Waals surface area (Å²) in [6, 6.07) is 5.64. The van der Waals surface area contributed by atoms with E-state index in [1.807, 2.05) is 24.8 Å². The van der Waals surface area contributed by atoms with E-state index in [1.54, 1.807) is 33.1 Å². The van der Waals surface area contributed by atoms with Gasteiger partial charge in [-0.2, -0.15) is 16.7 Å². The van der Waals surface area contributed by atoms with Crippen molar-refractivity contribution < 1.29 is 23.1 Å². The van der Waals surface area contributed by atoms with Crippen LogP contribution in [-0.4, -0.2) is 67.0 Å². The molecule has 0 aliphatic carbocycles. The third kappa shape index (κ3) is 11.5. The molecule has 41 heavy (non-hydrogen) atoms. The molecule has 0 aliphatic heterocycles. The molecule has 0 bridgehead atoms. The van der Waals surface area contributed by atoms with E-state index in [4.69, 9.17) is 19.5 Å². The number of nitrogens with two attached hydrogens (primary N) is 1. The van der Waals surface area contributed by atoms with Crippen molar-refractivity contribution in [1.82, 2.24) is 15.3 Å². The van der Waals surface area contributed by atoms with Gasteiger partial charge in [0.2, 0.25) is 5.95 Å². The number of hydrogen-bond acceptors (Lipinski definition) is 10. The van der Waals surface area contributed by atoms with Crippen LogP contribution in [0, 0.1) is 6.92 Å². The molecular formula is C29H48N5O5PS. The van der Waals surface area contributed by atoms with Gasteiger partial charge in [0, 0.05) is 35.8 Å². The van der Waals surface area contributed by atoms with Gasteiger partial charge in [-0.25, -0.2) is 4.98 Å². The van der Waals surface area contributed by atoms with Crippen LogP contribution in [0.4, 0.5) is 11.8 Å². The van der Waals surface area contributed by atoms with Crippen molar-refractivity contribution in [3.8, 4) is 5.75 Å². The van der Waals surface area contributed by atoms with Crippen molar-refractivity contribution in [3.63, 3.8) is 0 Å². The first-order chi connectivity index (χ1) is 19.7. The van der Waals surface area contributed by atoms with Gasteiger partial charge in [-0.05, 0) is 75.8 Å². The van der Waals surface area contributed by atoms with Gasteiger partial charge < -0.3 is 30.2 Å². The van der Waals surface area contributed by atoms with Crippen LogP contribution in [-0.2, 0) is 20.0 Å². The van der Waals surface area contributed by atoms with E-state index in [2.05, 4.69) is 33.8 Å². The van der Waals surface area contributed by atoms with E-state index < -0.39 is 7.60 Å². The SMILES string of the molecule is CCCC[C@@H](CCSC)Nc1nc(N)nc(C)c1Cc1cc(C(=O)NCCCP(=O)(OCC)OCC)ccc1OC. The number of nitrogens with one attached hydrogen (secondary N) is 2. The smallest absolute Gasteiger partial charge is 0.330 e. The van der Waals surface area contributed by atoms with Crippen LogP contribution < -0.4 is 21.1 Å². The molecule has 1 aromatic heterocycles. The lowest BCUT2D eigenvalue weighted by Crippen LogP contribution is -2.25. The molecule has 1 atom stereocenters. The van der Waals surface area contributed by atoms with E-state index in [-0.39, 0.29) is 24.1 Å². The number of methoxy groups -OCH3 is 1. The first-order valence-corrected chi connectivity index (χ1v) is 17.5. The Kier molecular flexibility index (Phi) is 15.5. The number of rotatable bonds is 20. The summed E-state index contributed by atoms with van der Waals surface area (Å²) in [5, 5.41) is 6.56. The largest absolute Gasteiger partial charge is 0.496 e. The maximum Gasteiger partial charge on any atom is 0.330 e. The van der Waals surface area contributed by atoms with Gasteiger partial charge in [0.05, 0.1) is 26.5 Å². The average molecular weight is 610 g/mol. The Morgan fingerprint density at radius 1 is 1.12 bits per heavy atom. The molecule has 0 radical (unpaired) electrons. The van der Waals surface area contributed by atoms with Gasteiger partial charge in [0.1, 0.15) is 11.6 Å². The Labute approximate surface area is 249 Å². The van der Waals surface area contributed by atoms with Crippen LogP contribution in [0.2, 0.25) is 0 Å². The first kappa shape index (κ1) is 34.9. The normalized spacial score (nSPS) is 12.2. The number of amides is 1. The lowest BCUT2D eigenvalue weighted by Gasteiger charge is -2.22. The second-order valence-corrected chi connectivity index (χ2v) is 12.9. The Morgan fingerprint density at radius 2 is 1.85 bits per heavy atom. The molecular weight excluding hydrogens is 561 g/mol. The van der Waals surface area contributed by atoms with E-state index in [1.165, 1.54) is 0 Å². The Morgan fingerprint density at radius 3 is 2.49 bits per heavy atom. The number of aromatic nitrogens is 2. The molecule has 2 aromatic rings. The summed E-state index contributed by atoms with van der Waals surface area (Å²) in [7, 11) is -1.53. The number of nitrogens with zero attached hydrogens (tertiary/aromatic N) is 2. The molecule has 230 valence electrons. The Hall–Kier alpha value is -2.33. The van der Waals surface area contributed by atoms with Crippen molar-refractivity contribution in [1.29, 1.82) is 0 Å². The molecule has 1 amide bonds. The topological polar surface area (TPSA) is 138 Å². The van der Waals surface area contributed by atoms with Crippen molar-refractivity contribution in [2.75, 3.05) is 56.1 Å². The van der Waals surface area contributed by atoms with Crippen LogP contribution in [0.3, 0.4) is 0 Å². The van der Waals surface area contributed by atoms with Crippen molar-refractivity contribution in [2.45, 2.75) is 72.3 Å². The lowest BCUT2D eigenvalue weighted by molar-refractivity contribution is 0.0953. The molecule has 0 fully saturated rings. The standard InChI is InChI=1S/C29H48N5O5PS/c1-7-10-12-24(15-18-41-6)33-27-25(21(4)32-29(30)34-27)20-23-19-22(13-14-26(23)37-5)28(35)31-16-11-17-40(36,38-8-2)39-9-3/h13-14,19,24H,7-12,15-18,20H2,1-6H3,(H,31,35)(H3,30,32,33,34)/t24-/m0/s1.